The molecule has 5 nitrogen and oxygen atoms in total. The van der Waals surface area contributed by atoms with Gasteiger partial charge in [0.15, 0.2) is 0 Å². The first-order valence-corrected chi connectivity index (χ1v) is 6.51. The van der Waals surface area contributed by atoms with E-state index in [2.05, 4.69) is 19.2 Å². The number of carbonyl (C=O) groups excluding carboxylic acids is 1. The third-order valence-corrected chi connectivity index (χ3v) is 2.97. The highest BCUT2D eigenvalue weighted by molar-refractivity contribution is 6.32. The maximum absolute atomic E-state index is 11.8. The van der Waals surface area contributed by atoms with Crippen LogP contribution in [0.1, 0.15) is 37.0 Å². The number of nitrogens with zero attached hydrogens (tertiary/aromatic N) is 1. The van der Waals surface area contributed by atoms with Gasteiger partial charge < -0.3 is 5.32 Å². The number of rotatable bonds is 6. The number of halogens is 1. The van der Waals surface area contributed by atoms with E-state index in [4.69, 9.17) is 11.6 Å². The lowest BCUT2D eigenvalue weighted by Gasteiger charge is -2.07. The third kappa shape index (κ3) is 4.87. The maximum atomic E-state index is 11.8. The summed E-state index contributed by atoms with van der Waals surface area (Å²) < 4.78 is 0. The summed E-state index contributed by atoms with van der Waals surface area (Å²) in [4.78, 5) is 21.9. The summed E-state index contributed by atoms with van der Waals surface area (Å²) in [7, 11) is 0. The van der Waals surface area contributed by atoms with Gasteiger partial charge in [0.2, 0.25) is 0 Å². The lowest BCUT2D eigenvalue weighted by atomic mass is 10.1. The molecule has 1 amide bonds. The van der Waals surface area contributed by atoms with Crippen LogP contribution in [-0.4, -0.2) is 17.4 Å². The van der Waals surface area contributed by atoms with Gasteiger partial charge in [0.1, 0.15) is 5.02 Å². The van der Waals surface area contributed by atoms with Crippen LogP contribution in [0.5, 0.6) is 0 Å². The van der Waals surface area contributed by atoms with Crippen LogP contribution in [-0.2, 0) is 0 Å². The fraction of sp³-hybridized carbons (Fsp3) is 0.462. The zero-order valence-corrected chi connectivity index (χ0v) is 11.7. The SMILES string of the molecule is CC(C)CCCNC(=O)c1ccc(Cl)c([N+](=O)[O-])c1. The Kier molecular flexibility index (Phi) is 5.76. The van der Waals surface area contributed by atoms with Crippen molar-refractivity contribution in [3.63, 3.8) is 0 Å². The van der Waals surface area contributed by atoms with E-state index in [-0.39, 0.29) is 22.2 Å². The van der Waals surface area contributed by atoms with Gasteiger partial charge in [-0.2, -0.15) is 0 Å². The standard InChI is InChI=1S/C13H17ClN2O3/c1-9(2)4-3-7-15-13(17)10-5-6-11(14)12(8-10)16(18)19/h5-6,8-9H,3-4,7H2,1-2H3,(H,15,17). The molecule has 1 rings (SSSR count). The quantitative estimate of drug-likeness (QED) is 0.494. The zero-order chi connectivity index (χ0) is 14.4. The molecule has 0 aliphatic rings. The molecular weight excluding hydrogens is 268 g/mol. The number of hydrogen-bond acceptors (Lipinski definition) is 3. The van der Waals surface area contributed by atoms with Crippen molar-refractivity contribution >= 4 is 23.2 Å². The van der Waals surface area contributed by atoms with Gasteiger partial charge in [0.05, 0.1) is 4.92 Å². The number of benzene rings is 1. The second-order valence-electron chi connectivity index (χ2n) is 4.72. The van der Waals surface area contributed by atoms with E-state index in [1.807, 2.05) is 0 Å². The minimum atomic E-state index is -0.599. The number of nitrogens with one attached hydrogen (secondary N) is 1. The molecule has 0 unspecified atom stereocenters. The molecule has 0 aromatic heterocycles. The van der Waals surface area contributed by atoms with E-state index < -0.39 is 4.92 Å². The summed E-state index contributed by atoms with van der Waals surface area (Å²) in [6, 6.07) is 4.04. The van der Waals surface area contributed by atoms with Gasteiger partial charge in [-0.15, -0.1) is 0 Å². The molecular formula is C13H17ClN2O3. The summed E-state index contributed by atoms with van der Waals surface area (Å²) in [6.07, 6.45) is 1.92. The molecule has 1 aromatic carbocycles. The summed E-state index contributed by atoms with van der Waals surface area (Å²) in [5, 5.41) is 13.5. The lowest BCUT2D eigenvalue weighted by molar-refractivity contribution is -0.384. The molecule has 0 saturated carbocycles. The number of nitro groups is 1. The van der Waals surface area contributed by atoms with Crippen molar-refractivity contribution in [1.29, 1.82) is 0 Å². The monoisotopic (exact) mass is 284 g/mol. The highest BCUT2D eigenvalue weighted by atomic mass is 35.5. The average molecular weight is 285 g/mol. The first kappa shape index (κ1) is 15.4. The molecule has 0 saturated heterocycles. The van der Waals surface area contributed by atoms with Gasteiger partial charge >= 0.3 is 0 Å². The Morgan fingerprint density at radius 1 is 1.47 bits per heavy atom. The predicted octanol–water partition coefficient (Wildman–Crippen LogP) is 3.41. The Morgan fingerprint density at radius 3 is 2.74 bits per heavy atom. The van der Waals surface area contributed by atoms with Crippen molar-refractivity contribution in [3.05, 3.63) is 38.9 Å². The minimum Gasteiger partial charge on any atom is -0.352 e. The minimum absolute atomic E-state index is 0.0290. The van der Waals surface area contributed by atoms with E-state index in [9.17, 15) is 14.9 Å². The van der Waals surface area contributed by atoms with E-state index in [1.165, 1.54) is 18.2 Å². The largest absolute Gasteiger partial charge is 0.352 e. The predicted molar refractivity (Wildman–Crippen MR) is 74.5 cm³/mol. The molecule has 6 heteroatoms. The molecule has 1 aromatic rings. The maximum Gasteiger partial charge on any atom is 0.288 e. The van der Waals surface area contributed by atoms with Crippen molar-refractivity contribution in [2.75, 3.05) is 6.54 Å². The fourth-order valence-electron chi connectivity index (χ4n) is 1.61. The topological polar surface area (TPSA) is 72.2 Å². The van der Waals surface area contributed by atoms with Gasteiger partial charge in [-0.3, -0.25) is 14.9 Å². The molecule has 104 valence electrons. The molecule has 0 bridgehead atoms. The van der Waals surface area contributed by atoms with Gasteiger partial charge in [-0.25, -0.2) is 0 Å². The number of nitro benzene ring substituents is 1. The van der Waals surface area contributed by atoms with Crippen molar-refractivity contribution < 1.29 is 9.72 Å². The number of hydrogen-bond donors (Lipinski definition) is 1. The molecule has 0 aliphatic carbocycles. The van der Waals surface area contributed by atoms with Crippen molar-refractivity contribution in [2.45, 2.75) is 26.7 Å². The Bertz CT molecular complexity index is 475. The highest BCUT2D eigenvalue weighted by Gasteiger charge is 2.15. The van der Waals surface area contributed by atoms with Crippen molar-refractivity contribution in [2.24, 2.45) is 5.92 Å². The molecule has 0 heterocycles. The van der Waals surface area contributed by atoms with E-state index in [0.29, 0.717) is 12.5 Å². The van der Waals surface area contributed by atoms with Crippen molar-refractivity contribution in [3.8, 4) is 0 Å². The number of amides is 1. The van der Waals surface area contributed by atoms with Gasteiger partial charge in [-0.1, -0.05) is 25.4 Å². The molecule has 0 radical (unpaired) electrons. The van der Waals surface area contributed by atoms with Crippen LogP contribution in [0.4, 0.5) is 5.69 Å². The molecule has 1 N–H and O–H groups in total. The zero-order valence-electron chi connectivity index (χ0n) is 11.0. The van der Waals surface area contributed by atoms with Gasteiger partial charge in [0, 0.05) is 18.2 Å². The Labute approximate surface area is 117 Å². The molecule has 0 aliphatic heterocycles. The lowest BCUT2D eigenvalue weighted by Crippen LogP contribution is -2.24. The molecule has 0 fully saturated rings. The van der Waals surface area contributed by atoms with Gasteiger partial charge in [0.25, 0.3) is 11.6 Å². The van der Waals surface area contributed by atoms with Crippen molar-refractivity contribution in [1.82, 2.24) is 5.32 Å². The normalized spacial score (nSPS) is 10.5. The van der Waals surface area contributed by atoms with Crippen LogP contribution in [0.2, 0.25) is 5.02 Å². The van der Waals surface area contributed by atoms with Gasteiger partial charge in [-0.05, 0) is 30.9 Å². The fourth-order valence-corrected chi connectivity index (χ4v) is 1.79. The Morgan fingerprint density at radius 2 is 2.16 bits per heavy atom. The average Bonchev–Trinajstić information content (AvgIpc) is 2.34. The smallest absolute Gasteiger partial charge is 0.288 e. The summed E-state index contributed by atoms with van der Waals surface area (Å²) in [6.45, 7) is 4.79. The molecule has 0 atom stereocenters. The Balaban J connectivity index is 2.62. The highest BCUT2D eigenvalue weighted by Crippen LogP contribution is 2.24. The van der Waals surface area contributed by atoms with E-state index in [0.717, 1.165) is 12.8 Å². The first-order chi connectivity index (χ1) is 8.91. The van der Waals surface area contributed by atoms with E-state index in [1.54, 1.807) is 0 Å². The summed E-state index contributed by atoms with van der Waals surface area (Å²) >= 11 is 5.68. The summed E-state index contributed by atoms with van der Waals surface area (Å²) in [5.74, 6) is 0.275. The van der Waals surface area contributed by atoms with Crippen LogP contribution in [0.3, 0.4) is 0 Å². The van der Waals surface area contributed by atoms with Crippen LogP contribution in [0.25, 0.3) is 0 Å². The molecule has 19 heavy (non-hydrogen) atoms. The Hall–Kier alpha value is -1.62. The first-order valence-electron chi connectivity index (χ1n) is 6.14. The van der Waals surface area contributed by atoms with Crippen LogP contribution >= 0.6 is 11.6 Å². The van der Waals surface area contributed by atoms with Crippen LogP contribution in [0, 0.1) is 16.0 Å². The van der Waals surface area contributed by atoms with Crippen LogP contribution < -0.4 is 5.32 Å². The molecule has 0 spiro atoms. The second-order valence-corrected chi connectivity index (χ2v) is 5.12. The summed E-state index contributed by atoms with van der Waals surface area (Å²) in [5.41, 5.74) is -0.00264. The number of carbonyl (C=O) groups is 1. The van der Waals surface area contributed by atoms with Crippen LogP contribution in [0.15, 0.2) is 18.2 Å². The second kappa shape index (κ2) is 7.09. The van der Waals surface area contributed by atoms with E-state index >= 15 is 0 Å². The third-order valence-electron chi connectivity index (χ3n) is 2.65.